The smallest absolute Gasteiger partial charge is 0.487 e. The molecule has 0 saturated carbocycles. The van der Waals surface area contributed by atoms with Gasteiger partial charge in [-0.15, -0.1) is 0 Å². The van der Waals surface area contributed by atoms with E-state index in [4.69, 9.17) is 4.74 Å². The fraction of sp³-hybridized carbons (Fsp3) is 0.280. The Hall–Kier alpha value is -3.60. The van der Waals surface area contributed by atoms with Gasteiger partial charge < -0.3 is 15.2 Å². The number of carboxylic acids is 1. The van der Waals surface area contributed by atoms with E-state index in [-0.39, 0.29) is 17.9 Å². The number of halogens is 3. The van der Waals surface area contributed by atoms with E-state index in [0.29, 0.717) is 10.9 Å². The average Bonchev–Trinajstić information content (AvgIpc) is 2.79. The van der Waals surface area contributed by atoms with Crippen LogP contribution in [0.5, 0.6) is 5.75 Å². The highest BCUT2D eigenvalue weighted by molar-refractivity contribution is 7.92. The number of carbonyl (C=O) groups is 2. The number of fused-ring (bicyclic) bond motifs is 1. The van der Waals surface area contributed by atoms with Crippen LogP contribution in [0.25, 0.3) is 10.8 Å². The standard InChI is InChI=1S/C25H24F3NO6S/c1-24(2,3)21(23(31)32)29-22(30)19-13-10-16-6-4-5-7-18(16)20(19)35-14-15-8-11-17(12-9-15)36(33,34)25(26,27)28/h4-13,21H,14H2,1-3H3,(H,29,30)(H,31,32). The van der Waals surface area contributed by atoms with Crippen LogP contribution in [0.15, 0.2) is 65.6 Å². The number of rotatable bonds is 7. The quantitative estimate of drug-likeness (QED) is 0.454. The first kappa shape index (κ1) is 27.0. The molecule has 0 radical (unpaired) electrons. The molecule has 0 bridgehead atoms. The van der Waals surface area contributed by atoms with E-state index in [0.717, 1.165) is 17.5 Å². The van der Waals surface area contributed by atoms with Crippen molar-refractivity contribution < 1.29 is 41.0 Å². The normalized spacial score (nSPS) is 13.3. The van der Waals surface area contributed by atoms with Crippen LogP contribution in [0.4, 0.5) is 13.2 Å². The summed E-state index contributed by atoms with van der Waals surface area (Å²) in [6.07, 6.45) is 0. The van der Waals surface area contributed by atoms with Crippen molar-refractivity contribution in [2.75, 3.05) is 0 Å². The number of alkyl halides is 3. The highest BCUT2D eigenvalue weighted by atomic mass is 32.2. The number of benzene rings is 3. The molecule has 3 rings (SSSR count). The minimum absolute atomic E-state index is 0.0699. The van der Waals surface area contributed by atoms with Gasteiger partial charge in [-0.1, -0.05) is 63.2 Å². The van der Waals surface area contributed by atoms with Crippen LogP contribution in [0.1, 0.15) is 36.7 Å². The molecule has 11 heteroatoms. The summed E-state index contributed by atoms with van der Waals surface area (Å²) in [7, 11) is -5.48. The number of ether oxygens (including phenoxy) is 1. The van der Waals surface area contributed by atoms with Gasteiger partial charge in [-0.25, -0.2) is 13.2 Å². The zero-order valence-electron chi connectivity index (χ0n) is 19.6. The van der Waals surface area contributed by atoms with Gasteiger partial charge in [0.05, 0.1) is 10.5 Å². The molecule has 0 fully saturated rings. The monoisotopic (exact) mass is 523 g/mol. The predicted molar refractivity (Wildman–Crippen MR) is 126 cm³/mol. The van der Waals surface area contributed by atoms with E-state index >= 15 is 0 Å². The Kier molecular flexibility index (Phi) is 7.35. The molecule has 2 N–H and O–H groups in total. The fourth-order valence-corrected chi connectivity index (χ4v) is 4.25. The molecular weight excluding hydrogens is 499 g/mol. The Morgan fingerprint density at radius 2 is 1.58 bits per heavy atom. The zero-order valence-corrected chi connectivity index (χ0v) is 20.4. The Morgan fingerprint density at radius 1 is 0.972 bits per heavy atom. The van der Waals surface area contributed by atoms with E-state index in [1.54, 1.807) is 51.1 Å². The Balaban J connectivity index is 1.93. The molecule has 1 amide bonds. The Morgan fingerprint density at radius 3 is 2.14 bits per heavy atom. The van der Waals surface area contributed by atoms with Crippen LogP contribution in [0.3, 0.4) is 0 Å². The second-order valence-electron chi connectivity index (χ2n) is 9.16. The molecule has 7 nitrogen and oxygen atoms in total. The molecular formula is C25H24F3NO6S. The molecule has 1 unspecified atom stereocenters. The molecule has 3 aromatic rings. The maximum Gasteiger partial charge on any atom is 0.501 e. The van der Waals surface area contributed by atoms with Crippen LogP contribution >= 0.6 is 0 Å². The molecule has 0 heterocycles. The van der Waals surface area contributed by atoms with E-state index in [1.807, 2.05) is 0 Å². The molecule has 0 spiro atoms. The lowest BCUT2D eigenvalue weighted by atomic mass is 9.86. The molecule has 0 aromatic heterocycles. The van der Waals surface area contributed by atoms with Gasteiger partial charge in [-0.05, 0) is 34.6 Å². The first-order chi connectivity index (χ1) is 16.6. The first-order valence-electron chi connectivity index (χ1n) is 10.7. The largest absolute Gasteiger partial charge is 0.501 e. The summed E-state index contributed by atoms with van der Waals surface area (Å²) in [5, 5.41) is 13.4. The van der Waals surface area contributed by atoms with Gasteiger partial charge in [0, 0.05) is 5.39 Å². The molecule has 192 valence electrons. The topological polar surface area (TPSA) is 110 Å². The van der Waals surface area contributed by atoms with Crippen LogP contribution in [0, 0.1) is 5.41 Å². The summed E-state index contributed by atoms with van der Waals surface area (Å²) < 4.78 is 67.4. The lowest BCUT2D eigenvalue weighted by Gasteiger charge is -2.28. The molecule has 36 heavy (non-hydrogen) atoms. The summed E-state index contributed by atoms with van der Waals surface area (Å²) >= 11 is 0. The van der Waals surface area contributed by atoms with E-state index in [9.17, 15) is 36.3 Å². The number of hydrogen-bond acceptors (Lipinski definition) is 5. The average molecular weight is 524 g/mol. The van der Waals surface area contributed by atoms with Crippen molar-refractivity contribution in [3.8, 4) is 5.75 Å². The number of hydrogen-bond donors (Lipinski definition) is 2. The molecule has 0 aliphatic carbocycles. The van der Waals surface area contributed by atoms with Crippen molar-refractivity contribution >= 4 is 32.5 Å². The zero-order chi connectivity index (χ0) is 26.9. The third-order valence-electron chi connectivity index (χ3n) is 5.43. The van der Waals surface area contributed by atoms with E-state index in [1.165, 1.54) is 18.2 Å². The molecule has 1 atom stereocenters. The van der Waals surface area contributed by atoms with Gasteiger partial charge in [-0.3, -0.25) is 4.79 Å². The maximum absolute atomic E-state index is 13.1. The van der Waals surface area contributed by atoms with Crippen LogP contribution in [-0.2, 0) is 21.2 Å². The van der Waals surface area contributed by atoms with Crippen LogP contribution < -0.4 is 10.1 Å². The summed E-state index contributed by atoms with van der Waals surface area (Å²) in [6.45, 7) is 4.83. The van der Waals surface area contributed by atoms with Crippen LogP contribution in [-0.4, -0.2) is 37.0 Å². The molecule has 3 aromatic carbocycles. The van der Waals surface area contributed by atoms with Crippen molar-refractivity contribution in [1.82, 2.24) is 5.32 Å². The minimum Gasteiger partial charge on any atom is -0.487 e. The first-order valence-corrected chi connectivity index (χ1v) is 12.2. The number of aliphatic carboxylic acids is 1. The summed E-state index contributed by atoms with van der Waals surface area (Å²) in [4.78, 5) is 23.9. The number of sulfone groups is 1. The highest BCUT2D eigenvalue weighted by Gasteiger charge is 2.46. The van der Waals surface area contributed by atoms with Crippen molar-refractivity contribution in [1.29, 1.82) is 0 Å². The lowest BCUT2D eigenvalue weighted by molar-refractivity contribution is -0.142. The van der Waals surface area contributed by atoms with Gasteiger partial charge in [0.15, 0.2) is 0 Å². The summed E-state index contributed by atoms with van der Waals surface area (Å²) in [5.74, 6) is -1.73. The van der Waals surface area contributed by atoms with Crippen molar-refractivity contribution in [2.24, 2.45) is 5.41 Å². The van der Waals surface area contributed by atoms with Crippen LogP contribution in [0.2, 0.25) is 0 Å². The minimum atomic E-state index is -5.48. The van der Waals surface area contributed by atoms with Crippen molar-refractivity contribution in [3.05, 3.63) is 71.8 Å². The fourth-order valence-electron chi connectivity index (χ4n) is 3.49. The Bertz CT molecular complexity index is 1390. The SMILES string of the molecule is CC(C)(C)C(NC(=O)c1ccc2ccccc2c1OCc1ccc(S(=O)(=O)C(F)(F)F)cc1)C(=O)O. The molecule has 0 aliphatic heterocycles. The van der Waals surface area contributed by atoms with Gasteiger partial charge in [0.2, 0.25) is 0 Å². The number of nitrogens with one attached hydrogen (secondary N) is 1. The Labute approximate surface area is 205 Å². The van der Waals surface area contributed by atoms with E-state index < -0.39 is 43.6 Å². The van der Waals surface area contributed by atoms with Crippen molar-refractivity contribution in [3.63, 3.8) is 0 Å². The van der Waals surface area contributed by atoms with Gasteiger partial charge >= 0.3 is 11.5 Å². The number of amides is 1. The second-order valence-corrected chi connectivity index (χ2v) is 11.1. The van der Waals surface area contributed by atoms with Gasteiger partial charge in [0.25, 0.3) is 15.7 Å². The summed E-state index contributed by atoms with van der Waals surface area (Å²) in [6, 6.07) is 13.0. The van der Waals surface area contributed by atoms with Gasteiger partial charge in [0.1, 0.15) is 18.4 Å². The third-order valence-corrected chi connectivity index (χ3v) is 6.94. The van der Waals surface area contributed by atoms with Crippen molar-refractivity contribution in [2.45, 2.75) is 43.8 Å². The number of carboxylic acid groups (broad SMARTS) is 1. The summed E-state index contributed by atoms with van der Waals surface area (Å²) in [5.41, 5.74) is -5.77. The van der Waals surface area contributed by atoms with E-state index in [2.05, 4.69) is 5.32 Å². The lowest BCUT2D eigenvalue weighted by Crippen LogP contribution is -2.49. The number of carbonyl (C=O) groups excluding carboxylic acids is 1. The van der Waals surface area contributed by atoms with Gasteiger partial charge in [-0.2, -0.15) is 13.2 Å². The third kappa shape index (κ3) is 5.62. The highest BCUT2D eigenvalue weighted by Crippen LogP contribution is 2.33. The molecule has 0 aliphatic rings. The maximum atomic E-state index is 13.1. The second kappa shape index (κ2) is 9.81. The molecule has 0 saturated heterocycles. The predicted octanol–water partition coefficient (Wildman–Crippen LogP) is 4.94.